The average molecular weight is 325 g/mol. The highest BCUT2D eigenvalue weighted by Crippen LogP contribution is 2.34. The molecule has 0 saturated heterocycles. The van der Waals surface area contributed by atoms with Crippen LogP contribution < -0.4 is 5.32 Å². The lowest BCUT2D eigenvalue weighted by atomic mass is 10.1. The Bertz CT molecular complexity index is 612. The van der Waals surface area contributed by atoms with Crippen LogP contribution in [0.1, 0.15) is 37.8 Å². The second-order valence-electron chi connectivity index (χ2n) is 6.04. The Morgan fingerprint density at radius 3 is 2.57 bits per heavy atom. The summed E-state index contributed by atoms with van der Waals surface area (Å²) in [6, 6.07) is 5.91. The molecule has 1 aromatic carbocycles. The van der Waals surface area contributed by atoms with Crippen molar-refractivity contribution in [2.45, 2.75) is 56.8 Å². The number of aromatic nitrogens is 1. The van der Waals surface area contributed by atoms with Crippen molar-refractivity contribution in [2.24, 2.45) is 0 Å². The van der Waals surface area contributed by atoms with Gasteiger partial charge in [-0.1, -0.05) is 17.7 Å². The van der Waals surface area contributed by atoms with Crippen molar-refractivity contribution in [3.63, 3.8) is 0 Å². The number of hydrogen-bond acceptors (Lipinski definition) is 4. The fourth-order valence-corrected chi connectivity index (χ4v) is 3.03. The summed E-state index contributed by atoms with van der Waals surface area (Å²) >= 11 is 7.87. The van der Waals surface area contributed by atoms with Crippen molar-refractivity contribution in [2.75, 3.05) is 0 Å². The molecule has 114 valence electrons. The standard InChI is InChI=1S/C16H21ClN2OS/c1-10-11(2)20-15(19-10)21-14-8-6-7-13(17)12(14)9-18-16(3,4)5/h6-8,18H,9H2,1-5H3. The van der Waals surface area contributed by atoms with Crippen LogP contribution in [0, 0.1) is 13.8 Å². The Morgan fingerprint density at radius 1 is 1.29 bits per heavy atom. The van der Waals surface area contributed by atoms with Crippen molar-refractivity contribution < 1.29 is 4.42 Å². The van der Waals surface area contributed by atoms with E-state index in [2.05, 4.69) is 31.1 Å². The van der Waals surface area contributed by atoms with E-state index in [-0.39, 0.29) is 5.54 Å². The Hall–Kier alpha value is -0.970. The molecule has 0 fully saturated rings. The van der Waals surface area contributed by atoms with E-state index in [0.717, 1.165) is 26.9 Å². The van der Waals surface area contributed by atoms with Crippen molar-refractivity contribution in [3.05, 3.63) is 40.2 Å². The third kappa shape index (κ3) is 4.50. The lowest BCUT2D eigenvalue weighted by Gasteiger charge is -2.22. The molecular formula is C16H21ClN2OS. The molecule has 0 aliphatic heterocycles. The van der Waals surface area contributed by atoms with Crippen LogP contribution in [-0.2, 0) is 6.54 Å². The highest BCUT2D eigenvalue weighted by Gasteiger charge is 2.15. The van der Waals surface area contributed by atoms with Crippen molar-refractivity contribution in [1.29, 1.82) is 0 Å². The molecule has 1 N–H and O–H groups in total. The molecule has 0 atom stereocenters. The number of hydrogen-bond donors (Lipinski definition) is 1. The molecule has 0 unspecified atom stereocenters. The molecule has 0 spiro atoms. The maximum atomic E-state index is 6.36. The molecule has 0 amide bonds. The molecule has 0 bridgehead atoms. The molecule has 2 rings (SSSR count). The smallest absolute Gasteiger partial charge is 0.261 e. The van der Waals surface area contributed by atoms with Gasteiger partial charge in [0.1, 0.15) is 5.76 Å². The average Bonchev–Trinajstić information content (AvgIpc) is 2.66. The van der Waals surface area contributed by atoms with E-state index in [1.165, 1.54) is 11.8 Å². The molecule has 0 saturated carbocycles. The normalized spacial score (nSPS) is 11.9. The summed E-state index contributed by atoms with van der Waals surface area (Å²) in [7, 11) is 0. The van der Waals surface area contributed by atoms with Gasteiger partial charge in [0.05, 0.1) is 5.69 Å². The van der Waals surface area contributed by atoms with Crippen LogP contribution in [-0.4, -0.2) is 10.5 Å². The van der Waals surface area contributed by atoms with Gasteiger partial charge in [-0.05, 0) is 64.1 Å². The van der Waals surface area contributed by atoms with Crippen LogP contribution in [0.15, 0.2) is 32.7 Å². The number of oxazole rings is 1. The molecule has 0 radical (unpaired) electrons. The fraction of sp³-hybridized carbons (Fsp3) is 0.438. The molecule has 3 nitrogen and oxygen atoms in total. The van der Waals surface area contributed by atoms with E-state index in [4.69, 9.17) is 16.0 Å². The first-order chi connectivity index (χ1) is 9.76. The van der Waals surface area contributed by atoms with E-state index in [1.807, 2.05) is 32.0 Å². The van der Waals surface area contributed by atoms with Gasteiger partial charge >= 0.3 is 0 Å². The van der Waals surface area contributed by atoms with Gasteiger partial charge in [-0.3, -0.25) is 0 Å². The first kappa shape index (κ1) is 16.4. The van der Waals surface area contributed by atoms with Gasteiger partial charge in [0, 0.05) is 22.0 Å². The SMILES string of the molecule is Cc1nc(Sc2cccc(Cl)c2CNC(C)(C)C)oc1C. The highest BCUT2D eigenvalue weighted by molar-refractivity contribution is 7.99. The molecule has 21 heavy (non-hydrogen) atoms. The predicted octanol–water partition coefficient (Wildman–Crippen LogP) is 4.98. The number of nitrogens with zero attached hydrogens (tertiary/aromatic N) is 1. The molecule has 5 heteroatoms. The largest absolute Gasteiger partial charge is 0.436 e. The second-order valence-corrected chi connectivity index (χ2v) is 7.44. The van der Waals surface area contributed by atoms with E-state index < -0.39 is 0 Å². The molecule has 0 aliphatic rings. The Morgan fingerprint density at radius 2 is 2.00 bits per heavy atom. The number of aryl methyl sites for hydroxylation is 2. The minimum atomic E-state index is 0.0389. The zero-order chi connectivity index (χ0) is 15.6. The number of halogens is 1. The van der Waals surface area contributed by atoms with Crippen molar-refractivity contribution in [3.8, 4) is 0 Å². The fourth-order valence-electron chi connectivity index (χ4n) is 1.74. The minimum Gasteiger partial charge on any atom is -0.436 e. The summed E-state index contributed by atoms with van der Waals surface area (Å²) in [5.41, 5.74) is 2.04. The number of rotatable bonds is 4. The monoisotopic (exact) mass is 324 g/mol. The van der Waals surface area contributed by atoms with Gasteiger partial charge in [0.2, 0.25) is 0 Å². The van der Waals surface area contributed by atoms with Gasteiger partial charge < -0.3 is 9.73 Å². The third-order valence-electron chi connectivity index (χ3n) is 3.08. The summed E-state index contributed by atoms with van der Waals surface area (Å²) < 4.78 is 5.65. The van der Waals surface area contributed by atoms with Crippen molar-refractivity contribution >= 4 is 23.4 Å². The third-order valence-corrected chi connectivity index (χ3v) is 4.38. The first-order valence-corrected chi connectivity index (χ1v) is 8.10. The predicted molar refractivity (Wildman–Crippen MR) is 88.1 cm³/mol. The van der Waals surface area contributed by atoms with Crippen LogP contribution in [0.4, 0.5) is 0 Å². The Kier molecular flexibility index (Phi) is 5.02. The molecule has 1 heterocycles. The summed E-state index contributed by atoms with van der Waals surface area (Å²) in [5, 5.41) is 4.89. The van der Waals surface area contributed by atoms with Gasteiger partial charge in [-0.25, -0.2) is 4.98 Å². The van der Waals surface area contributed by atoms with Gasteiger partial charge in [-0.15, -0.1) is 0 Å². The topological polar surface area (TPSA) is 38.1 Å². The lowest BCUT2D eigenvalue weighted by molar-refractivity contribution is 0.422. The lowest BCUT2D eigenvalue weighted by Crippen LogP contribution is -2.35. The van der Waals surface area contributed by atoms with E-state index in [0.29, 0.717) is 11.8 Å². The maximum absolute atomic E-state index is 6.36. The summed E-state index contributed by atoms with van der Waals surface area (Å²) in [6.45, 7) is 11.0. The van der Waals surface area contributed by atoms with Crippen LogP contribution in [0.3, 0.4) is 0 Å². The summed E-state index contributed by atoms with van der Waals surface area (Å²) in [6.07, 6.45) is 0. The van der Waals surface area contributed by atoms with Crippen LogP contribution >= 0.6 is 23.4 Å². The molecular weight excluding hydrogens is 304 g/mol. The summed E-state index contributed by atoms with van der Waals surface area (Å²) in [4.78, 5) is 5.49. The maximum Gasteiger partial charge on any atom is 0.261 e. The molecule has 1 aromatic heterocycles. The zero-order valence-electron chi connectivity index (χ0n) is 13.1. The Balaban J connectivity index is 2.24. The minimum absolute atomic E-state index is 0.0389. The van der Waals surface area contributed by atoms with Crippen molar-refractivity contribution in [1.82, 2.24) is 10.3 Å². The van der Waals surface area contributed by atoms with E-state index in [9.17, 15) is 0 Å². The highest BCUT2D eigenvalue weighted by atomic mass is 35.5. The first-order valence-electron chi connectivity index (χ1n) is 6.90. The van der Waals surface area contributed by atoms with E-state index >= 15 is 0 Å². The van der Waals surface area contributed by atoms with Crippen LogP contribution in [0.25, 0.3) is 0 Å². The van der Waals surface area contributed by atoms with Crippen LogP contribution in [0.5, 0.6) is 0 Å². The Labute approximate surface area is 135 Å². The number of benzene rings is 1. The molecule has 0 aliphatic carbocycles. The van der Waals surface area contributed by atoms with Gasteiger partial charge in [0.25, 0.3) is 5.22 Å². The van der Waals surface area contributed by atoms with Gasteiger partial charge in [-0.2, -0.15) is 0 Å². The zero-order valence-corrected chi connectivity index (χ0v) is 14.7. The summed E-state index contributed by atoms with van der Waals surface area (Å²) in [5.74, 6) is 0.855. The van der Waals surface area contributed by atoms with Crippen LogP contribution in [0.2, 0.25) is 5.02 Å². The quantitative estimate of drug-likeness (QED) is 0.860. The van der Waals surface area contributed by atoms with Gasteiger partial charge in [0.15, 0.2) is 0 Å². The molecule has 2 aromatic rings. The van der Waals surface area contributed by atoms with E-state index in [1.54, 1.807) is 0 Å². The second kappa shape index (κ2) is 6.42. The number of nitrogens with one attached hydrogen (secondary N) is 1.